The second-order valence-corrected chi connectivity index (χ2v) is 11.0. The number of oxazole rings is 1. The van der Waals surface area contributed by atoms with Gasteiger partial charge in [0.05, 0.1) is 14.3 Å². The maximum Gasteiger partial charge on any atom is 0.255 e. The fourth-order valence-electron chi connectivity index (χ4n) is 1.53. The van der Waals surface area contributed by atoms with Crippen molar-refractivity contribution in [1.82, 2.24) is 4.98 Å². The Balaban J connectivity index is 1.99. The van der Waals surface area contributed by atoms with E-state index in [4.69, 9.17) is 4.42 Å². The van der Waals surface area contributed by atoms with Crippen molar-refractivity contribution in [2.45, 2.75) is 30.6 Å². The van der Waals surface area contributed by atoms with Crippen LogP contribution in [-0.4, -0.2) is 13.1 Å². The molecule has 0 spiro atoms. The summed E-state index contributed by atoms with van der Waals surface area (Å²) in [6.07, 6.45) is 3.28. The second kappa shape index (κ2) is 5.10. The molecule has 90 valence electrons. The summed E-state index contributed by atoms with van der Waals surface area (Å²) in [7, 11) is -1.17. The van der Waals surface area contributed by atoms with E-state index in [1.807, 2.05) is 0 Å². The Labute approximate surface area is 107 Å². The molecule has 0 aliphatic heterocycles. The van der Waals surface area contributed by atoms with E-state index in [9.17, 15) is 0 Å². The number of nitrogens with zero attached hydrogens (tertiary/aromatic N) is 1. The summed E-state index contributed by atoms with van der Waals surface area (Å²) in [6.45, 7) is 7.09. The molecule has 0 atom stereocenters. The minimum Gasteiger partial charge on any atom is -0.440 e. The number of hydrogen-bond donors (Lipinski definition) is 0. The average Bonchev–Trinajstić information content (AvgIpc) is 2.78. The number of thioether (sulfide) groups is 1. The molecule has 0 unspecified atom stereocenters. The Kier molecular flexibility index (Phi) is 3.74. The van der Waals surface area contributed by atoms with Crippen LogP contribution in [0.1, 0.15) is 5.56 Å². The summed E-state index contributed by atoms with van der Waals surface area (Å²) < 4.78 is 5.19. The normalized spacial score (nSPS) is 11.7. The molecule has 0 radical (unpaired) electrons. The van der Waals surface area contributed by atoms with Gasteiger partial charge in [-0.1, -0.05) is 60.9 Å². The maximum absolute atomic E-state index is 5.19. The molecule has 0 N–H and O–H groups in total. The molecule has 4 heteroatoms. The molecular weight excluding hydrogens is 246 g/mol. The van der Waals surface area contributed by atoms with Gasteiger partial charge >= 0.3 is 0 Å². The Bertz CT molecular complexity index is 459. The molecule has 2 nitrogen and oxygen atoms in total. The van der Waals surface area contributed by atoms with Crippen molar-refractivity contribution in [2.75, 3.05) is 0 Å². The third kappa shape index (κ3) is 3.48. The molecule has 0 saturated carbocycles. The summed E-state index contributed by atoms with van der Waals surface area (Å²) in [4.78, 5) is 4.09. The molecule has 2 rings (SSSR count). The topological polar surface area (TPSA) is 26.0 Å². The van der Waals surface area contributed by atoms with Crippen LogP contribution in [0.15, 0.2) is 46.4 Å². The van der Waals surface area contributed by atoms with Crippen molar-refractivity contribution < 1.29 is 4.42 Å². The summed E-state index contributed by atoms with van der Waals surface area (Å²) in [5.74, 6) is 0.909. The zero-order valence-corrected chi connectivity index (χ0v) is 12.3. The summed E-state index contributed by atoms with van der Waals surface area (Å²) >= 11 is 1.63. The van der Waals surface area contributed by atoms with Gasteiger partial charge in [-0.15, -0.1) is 0 Å². The van der Waals surface area contributed by atoms with Gasteiger partial charge in [0, 0.05) is 5.75 Å². The summed E-state index contributed by atoms with van der Waals surface area (Å²) in [6, 6.07) is 8.95. The number of aromatic nitrogens is 1. The van der Waals surface area contributed by atoms with Crippen molar-refractivity contribution in [3.8, 4) is 0 Å². The van der Waals surface area contributed by atoms with Crippen LogP contribution in [0.5, 0.6) is 0 Å². The molecule has 0 saturated heterocycles. The first-order valence-electron chi connectivity index (χ1n) is 5.67. The van der Waals surface area contributed by atoms with Gasteiger partial charge in [0.1, 0.15) is 6.26 Å². The Morgan fingerprint density at radius 1 is 1.18 bits per heavy atom. The van der Waals surface area contributed by atoms with Crippen LogP contribution in [-0.2, 0) is 5.75 Å². The summed E-state index contributed by atoms with van der Waals surface area (Å²) in [5.41, 5.74) is 1.32. The lowest BCUT2D eigenvalue weighted by atomic mass is 10.2. The van der Waals surface area contributed by atoms with E-state index in [1.54, 1.807) is 24.2 Å². The highest BCUT2D eigenvalue weighted by atomic mass is 32.2. The minimum atomic E-state index is -1.17. The van der Waals surface area contributed by atoms with Crippen LogP contribution >= 0.6 is 11.8 Å². The maximum atomic E-state index is 5.19. The van der Waals surface area contributed by atoms with E-state index < -0.39 is 8.07 Å². The van der Waals surface area contributed by atoms with Gasteiger partial charge in [-0.3, -0.25) is 0 Å². The molecule has 0 aliphatic carbocycles. The molecular formula is C13H17NOSSi. The average molecular weight is 263 g/mol. The van der Waals surface area contributed by atoms with Crippen molar-refractivity contribution >= 4 is 25.0 Å². The highest BCUT2D eigenvalue weighted by Gasteiger charge is 2.15. The van der Waals surface area contributed by atoms with Gasteiger partial charge in [0.2, 0.25) is 0 Å². The third-order valence-corrected chi connectivity index (χ3v) is 5.58. The minimum absolute atomic E-state index is 0.735. The number of benzene rings is 1. The molecule has 1 aromatic carbocycles. The van der Waals surface area contributed by atoms with Crippen LogP contribution < -0.4 is 5.19 Å². The zero-order valence-electron chi connectivity index (χ0n) is 10.4. The van der Waals surface area contributed by atoms with Crippen LogP contribution in [0, 0.1) is 0 Å². The van der Waals surface area contributed by atoms with Gasteiger partial charge < -0.3 is 4.42 Å². The summed E-state index contributed by atoms with van der Waals surface area (Å²) in [5, 5.41) is 2.24. The predicted octanol–water partition coefficient (Wildman–Crippen LogP) is 3.51. The smallest absolute Gasteiger partial charge is 0.255 e. The molecule has 0 aliphatic rings. The molecule has 0 fully saturated rings. The highest BCUT2D eigenvalue weighted by Crippen LogP contribution is 2.20. The van der Waals surface area contributed by atoms with Gasteiger partial charge in [-0.25, -0.2) is 4.98 Å². The van der Waals surface area contributed by atoms with E-state index in [0.29, 0.717) is 0 Å². The van der Waals surface area contributed by atoms with Gasteiger partial charge in [0.15, 0.2) is 0 Å². The van der Waals surface area contributed by atoms with Crippen LogP contribution in [0.2, 0.25) is 19.6 Å². The monoisotopic (exact) mass is 263 g/mol. The molecule has 0 bridgehead atoms. The first-order chi connectivity index (χ1) is 8.05. The van der Waals surface area contributed by atoms with Crippen molar-refractivity contribution in [1.29, 1.82) is 0 Å². The van der Waals surface area contributed by atoms with Crippen LogP contribution in [0.25, 0.3) is 0 Å². The Hall–Kier alpha value is -1.00. The van der Waals surface area contributed by atoms with E-state index in [0.717, 1.165) is 11.0 Å². The molecule has 17 heavy (non-hydrogen) atoms. The molecule has 0 amide bonds. The molecule has 1 aromatic heterocycles. The number of hydrogen-bond acceptors (Lipinski definition) is 3. The van der Waals surface area contributed by atoms with Crippen LogP contribution in [0.3, 0.4) is 0 Å². The van der Waals surface area contributed by atoms with E-state index >= 15 is 0 Å². The lowest BCUT2D eigenvalue weighted by Gasteiger charge is -2.16. The third-order valence-electron chi connectivity index (χ3n) is 2.59. The van der Waals surface area contributed by atoms with E-state index in [2.05, 4.69) is 48.9 Å². The van der Waals surface area contributed by atoms with E-state index in [-0.39, 0.29) is 0 Å². The van der Waals surface area contributed by atoms with Crippen molar-refractivity contribution in [2.24, 2.45) is 0 Å². The SMILES string of the molecule is C[Si](C)(C)c1ccc(CSc2ncco2)cc1. The van der Waals surface area contributed by atoms with Crippen molar-refractivity contribution in [3.05, 3.63) is 42.3 Å². The van der Waals surface area contributed by atoms with Gasteiger partial charge in [-0.05, 0) is 5.56 Å². The Morgan fingerprint density at radius 2 is 1.88 bits per heavy atom. The Morgan fingerprint density at radius 3 is 2.41 bits per heavy atom. The van der Waals surface area contributed by atoms with Gasteiger partial charge in [-0.2, -0.15) is 0 Å². The fraction of sp³-hybridized carbons (Fsp3) is 0.308. The van der Waals surface area contributed by atoms with E-state index in [1.165, 1.54) is 10.8 Å². The molecule has 1 heterocycles. The lowest BCUT2D eigenvalue weighted by molar-refractivity contribution is 0.454. The quantitative estimate of drug-likeness (QED) is 0.623. The number of rotatable bonds is 4. The zero-order chi connectivity index (χ0) is 12.3. The first-order valence-corrected chi connectivity index (χ1v) is 10.2. The second-order valence-electron chi connectivity index (χ2n) is 5.03. The predicted molar refractivity (Wildman–Crippen MR) is 75.5 cm³/mol. The van der Waals surface area contributed by atoms with Crippen LogP contribution in [0.4, 0.5) is 0 Å². The van der Waals surface area contributed by atoms with Gasteiger partial charge in [0.25, 0.3) is 5.22 Å². The largest absolute Gasteiger partial charge is 0.440 e. The molecule has 2 aromatic rings. The lowest BCUT2D eigenvalue weighted by Crippen LogP contribution is -2.37. The van der Waals surface area contributed by atoms with Crippen molar-refractivity contribution in [3.63, 3.8) is 0 Å². The standard InChI is InChI=1S/C13H17NOSSi/c1-17(2,3)12-6-4-11(5-7-12)10-16-13-14-8-9-15-13/h4-9H,10H2,1-3H3. The fourth-order valence-corrected chi connectivity index (χ4v) is 3.44. The first kappa shape index (κ1) is 12.5. The highest BCUT2D eigenvalue weighted by molar-refractivity contribution is 7.98.